The number of hydrogen-bond acceptors (Lipinski definition) is 2. The molecular formula is C8H6BrF2NO2. The van der Waals surface area contributed by atoms with Crippen LogP contribution in [0, 0.1) is 11.6 Å². The number of nitrogens with one attached hydrogen (secondary N) is 1. The molecule has 6 heteroatoms. The topological polar surface area (TPSA) is 38.3 Å². The summed E-state index contributed by atoms with van der Waals surface area (Å²) in [5.41, 5.74) is 0.107. The van der Waals surface area contributed by atoms with Crippen molar-refractivity contribution in [2.75, 3.05) is 12.4 Å². The zero-order valence-corrected chi connectivity index (χ0v) is 8.69. The fraction of sp³-hybridized carbons (Fsp3) is 0.125. The maximum Gasteiger partial charge on any atom is 0.411 e. The molecule has 0 radical (unpaired) electrons. The molecule has 0 atom stereocenters. The maximum absolute atomic E-state index is 12.9. The van der Waals surface area contributed by atoms with Crippen LogP contribution in [-0.2, 0) is 4.74 Å². The molecule has 0 bridgehead atoms. The van der Waals surface area contributed by atoms with Gasteiger partial charge in [0.15, 0.2) is 11.6 Å². The van der Waals surface area contributed by atoms with E-state index < -0.39 is 17.7 Å². The van der Waals surface area contributed by atoms with E-state index in [2.05, 4.69) is 26.0 Å². The molecule has 1 N–H and O–H groups in total. The number of anilines is 1. The van der Waals surface area contributed by atoms with Crippen molar-refractivity contribution in [1.82, 2.24) is 0 Å². The number of hydrogen-bond donors (Lipinski definition) is 1. The molecule has 0 fully saturated rings. The highest BCUT2D eigenvalue weighted by Crippen LogP contribution is 2.27. The molecule has 1 aromatic rings. The normalized spacial score (nSPS) is 9.71. The smallest absolute Gasteiger partial charge is 0.411 e. The van der Waals surface area contributed by atoms with Gasteiger partial charge in [-0.05, 0) is 28.1 Å². The van der Waals surface area contributed by atoms with Gasteiger partial charge in [-0.3, -0.25) is 5.32 Å². The van der Waals surface area contributed by atoms with E-state index in [-0.39, 0.29) is 10.2 Å². The second-order valence-corrected chi connectivity index (χ2v) is 3.13. The summed E-state index contributed by atoms with van der Waals surface area (Å²) in [5, 5.41) is 2.21. The van der Waals surface area contributed by atoms with Gasteiger partial charge in [-0.15, -0.1) is 0 Å². The van der Waals surface area contributed by atoms with E-state index in [4.69, 9.17) is 0 Å². The lowest BCUT2D eigenvalue weighted by molar-refractivity contribution is 0.187. The van der Waals surface area contributed by atoms with E-state index in [1.165, 1.54) is 13.2 Å². The fourth-order valence-electron chi connectivity index (χ4n) is 0.783. The second-order valence-electron chi connectivity index (χ2n) is 2.34. The first-order valence-corrected chi connectivity index (χ1v) is 4.34. The van der Waals surface area contributed by atoms with Crippen LogP contribution in [0.25, 0.3) is 0 Å². The van der Waals surface area contributed by atoms with Gasteiger partial charge >= 0.3 is 6.09 Å². The van der Waals surface area contributed by atoms with E-state index in [0.29, 0.717) is 0 Å². The Morgan fingerprint density at radius 1 is 1.50 bits per heavy atom. The van der Waals surface area contributed by atoms with E-state index >= 15 is 0 Å². The third kappa shape index (κ3) is 2.20. The zero-order valence-electron chi connectivity index (χ0n) is 7.11. The second kappa shape index (κ2) is 4.36. The van der Waals surface area contributed by atoms with Crippen LogP contribution in [0.1, 0.15) is 0 Å². The number of halogens is 3. The van der Waals surface area contributed by atoms with Gasteiger partial charge in [0, 0.05) is 0 Å². The number of rotatable bonds is 1. The van der Waals surface area contributed by atoms with Gasteiger partial charge in [-0.1, -0.05) is 0 Å². The molecule has 0 aromatic heterocycles. The Hall–Kier alpha value is -1.17. The molecule has 3 nitrogen and oxygen atoms in total. The summed E-state index contributed by atoms with van der Waals surface area (Å²) < 4.78 is 29.7. The Morgan fingerprint density at radius 2 is 2.14 bits per heavy atom. The average Bonchev–Trinajstić information content (AvgIpc) is 2.19. The van der Waals surface area contributed by atoms with E-state index in [0.717, 1.165) is 6.07 Å². The predicted octanol–water partition coefficient (Wildman–Crippen LogP) is 2.91. The van der Waals surface area contributed by atoms with Crippen LogP contribution in [0.15, 0.2) is 16.6 Å². The minimum absolute atomic E-state index is 0.107. The molecule has 76 valence electrons. The van der Waals surface area contributed by atoms with Crippen molar-refractivity contribution >= 4 is 27.7 Å². The number of methoxy groups -OCH3 is 1. The fourth-order valence-corrected chi connectivity index (χ4v) is 1.20. The highest BCUT2D eigenvalue weighted by atomic mass is 79.9. The molecule has 0 spiro atoms. The Bertz CT molecular complexity index is 371. The van der Waals surface area contributed by atoms with E-state index in [9.17, 15) is 13.6 Å². The van der Waals surface area contributed by atoms with Crippen molar-refractivity contribution in [3.63, 3.8) is 0 Å². The first kappa shape index (κ1) is 10.9. The zero-order chi connectivity index (χ0) is 10.7. The summed E-state index contributed by atoms with van der Waals surface area (Å²) in [4.78, 5) is 10.8. The van der Waals surface area contributed by atoms with Crippen molar-refractivity contribution in [3.05, 3.63) is 28.2 Å². The van der Waals surface area contributed by atoms with Crippen molar-refractivity contribution < 1.29 is 18.3 Å². The molecule has 0 aliphatic carbocycles. The van der Waals surface area contributed by atoms with Crippen LogP contribution in [0.2, 0.25) is 0 Å². The SMILES string of the molecule is COC(=O)Nc1ccc(F)c(F)c1Br. The van der Waals surface area contributed by atoms with Gasteiger partial charge in [0.05, 0.1) is 17.3 Å². The molecule has 0 unspecified atom stereocenters. The lowest BCUT2D eigenvalue weighted by Crippen LogP contribution is -2.11. The molecule has 1 amide bonds. The van der Waals surface area contributed by atoms with Crippen LogP contribution in [0.4, 0.5) is 19.3 Å². The Balaban J connectivity index is 3.00. The van der Waals surface area contributed by atoms with Gasteiger partial charge in [0.25, 0.3) is 0 Å². The molecule has 14 heavy (non-hydrogen) atoms. The summed E-state index contributed by atoms with van der Waals surface area (Å²) in [7, 11) is 1.17. The molecule has 0 heterocycles. The van der Waals surface area contributed by atoms with E-state index in [1.807, 2.05) is 0 Å². The van der Waals surface area contributed by atoms with Gasteiger partial charge in [-0.25, -0.2) is 13.6 Å². The first-order valence-electron chi connectivity index (χ1n) is 3.54. The number of amides is 1. The highest BCUT2D eigenvalue weighted by molar-refractivity contribution is 9.10. The summed E-state index contributed by atoms with van der Waals surface area (Å²) in [6.45, 7) is 0. The van der Waals surface area contributed by atoms with Crippen LogP contribution in [-0.4, -0.2) is 13.2 Å². The molecule has 0 saturated heterocycles. The lowest BCUT2D eigenvalue weighted by Gasteiger charge is -2.06. The van der Waals surface area contributed by atoms with Crippen molar-refractivity contribution in [2.45, 2.75) is 0 Å². The minimum atomic E-state index is -1.06. The Kier molecular flexibility index (Phi) is 3.40. The number of ether oxygens (including phenoxy) is 1. The largest absolute Gasteiger partial charge is 0.453 e. The minimum Gasteiger partial charge on any atom is -0.453 e. The van der Waals surface area contributed by atoms with Crippen molar-refractivity contribution in [2.24, 2.45) is 0 Å². The molecular weight excluding hydrogens is 260 g/mol. The van der Waals surface area contributed by atoms with Crippen LogP contribution >= 0.6 is 15.9 Å². The van der Waals surface area contributed by atoms with Crippen LogP contribution in [0.5, 0.6) is 0 Å². The highest BCUT2D eigenvalue weighted by Gasteiger charge is 2.12. The summed E-state index contributed by atoms with van der Waals surface area (Å²) in [6, 6.07) is 2.13. The third-order valence-corrected chi connectivity index (χ3v) is 2.23. The molecule has 0 aliphatic rings. The molecule has 0 saturated carbocycles. The molecule has 1 aromatic carbocycles. The Morgan fingerprint density at radius 3 is 2.71 bits per heavy atom. The first-order chi connectivity index (χ1) is 6.56. The van der Waals surface area contributed by atoms with Crippen molar-refractivity contribution in [3.8, 4) is 0 Å². The van der Waals surface area contributed by atoms with Gasteiger partial charge in [-0.2, -0.15) is 0 Å². The monoisotopic (exact) mass is 265 g/mol. The number of carbonyl (C=O) groups excluding carboxylic acids is 1. The third-order valence-electron chi connectivity index (χ3n) is 1.46. The van der Waals surface area contributed by atoms with Gasteiger partial charge in [0.1, 0.15) is 0 Å². The average molecular weight is 266 g/mol. The van der Waals surface area contributed by atoms with Crippen LogP contribution in [0.3, 0.4) is 0 Å². The van der Waals surface area contributed by atoms with Crippen molar-refractivity contribution in [1.29, 1.82) is 0 Å². The standard InChI is InChI=1S/C8H6BrF2NO2/c1-14-8(13)12-5-3-2-4(10)7(11)6(5)9/h2-3H,1H3,(H,12,13). The maximum atomic E-state index is 12.9. The summed E-state index contributed by atoms with van der Waals surface area (Å²) in [6.07, 6.45) is -0.753. The van der Waals surface area contributed by atoms with E-state index in [1.54, 1.807) is 0 Å². The van der Waals surface area contributed by atoms with Gasteiger partial charge in [0.2, 0.25) is 0 Å². The quantitative estimate of drug-likeness (QED) is 0.793. The Labute approximate surface area is 87.2 Å². The molecule has 1 rings (SSSR count). The molecule has 0 aliphatic heterocycles. The predicted molar refractivity (Wildman–Crippen MR) is 50.1 cm³/mol. The summed E-state index contributed by atoms with van der Waals surface area (Å²) in [5.74, 6) is -2.05. The number of carbonyl (C=O) groups is 1. The number of benzene rings is 1. The van der Waals surface area contributed by atoms with Crippen LogP contribution < -0.4 is 5.32 Å². The summed E-state index contributed by atoms with van der Waals surface area (Å²) >= 11 is 2.80. The lowest BCUT2D eigenvalue weighted by atomic mass is 10.3. The van der Waals surface area contributed by atoms with Gasteiger partial charge < -0.3 is 4.74 Å².